The highest BCUT2D eigenvalue weighted by atomic mass is 16.5. The van der Waals surface area contributed by atoms with Crippen LogP contribution in [0.25, 0.3) is 0 Å². The van der Waals surface area contributed by atoms with Crippen LogP contribution in [0.15, 0.2) is 48.5 Å². The van der Waals surface area contributed by atoms with E-state index in [1.54, 1.807) is 42.5 Å². The van der Waals surface area contributed by atoms with E-state index in [2.05, 4.69) is 12.2 Å². The molecule has 1 N–H and O–H groups in total. The number of unbranched alkanes of at least 4 members (excludes halogenated alkanes) is 3. The van der Waals surface area contributed by atoms with Gasteiger partial charge in [-0.05, 0) is 56.7 Å². The predicted octanol–water partition coefficient (Wildman–Crippen LogP) is 5.23. The molecule has 6 nitrogen and oxygen atoms in total. The van der Waals surface area contributed by atoms with E-state index in [-0.39, 0.29) is 0 Å². The maximum atomic E-state index is 12.4. The normalized spacial score (nSPS) is 11.4. The third-order valence-electron chi connectivity index (χ3n) is 4.45. The van der Waals surface area contributed by atoms with Gasteiger partial charge < -0.3 is 19.5 Å². The summed E-state index contributed by atoms with van der Waals surface area (Å²) in [5, 5.41) is 2.74. The van der Waals surface area contributed by atoms with Crippen LogP contribution in [0.3, 0.4) is 0 Å². The van der Waals surface area contributed by atoms with Gasteiger partial charge in [0.2, 0.25) is 0 Å². The van der Waals surface area contributed by atoms with Crippen molar-refractivity contribution < 1.29 is 23.8 Å². The minimum atomic E-state index is -0.957. The minimum Gasteiger partial charge on any atom is -0.494 e. The van der Waals surface area contributed by atoms with E-state index >= 15 is 0 Å². The number of esters is 1. The van der Waals surface area contributed by atoms with Gasteiger partial charge in [-0.3, -0.25) is 4.79 Å². The summed E-state index contributed by atoms with van der Waals surface area (Å²) in [6, 6.07) is 13.9. The molecular formula is C24H31NO5. The molecule has 1 atom stereocenters. The Bertz CT molecular complexity index is 803. The lowest BCUT2D eigenvalue weighted by molar-refractivity contribution is -0.123. The van der Waals surface area contributed by atoms with Crippen molar-refractivity contribution in [2.75, 3.05) is 18.5 Å². The molecule has 2 aromatic carbocycles. The lowest BCUT2D eigenvalue weighted by atomic mass is 10.2. The Hall–Kier alpha value is -3.02. The molecule has 0 aromatic heterocycles. The highest BCUT2D eigenvalue weighted by molar-refractivity contribution is 5.98. The van der Waals surface area contributed by atoms with E-state index in [1.807, 2.05) is 13.0 Å². The van der Waals surface area contributed by atoms with Gasteiger partial charge in [0.15, 0.2) is 6.10 Å². The minimum absolute atomic E-state index is 0.364. The van der Waals surface area contributed by atoms with Crippen molar-refractivity contribution in [2.24, 2.45) is 0 Å². The Kier molecular flexibility index (Phi) is 9.71. The first kappa shape index (κ1) is 23.3. The molecule has 0 saturated heterocycles. The van der Waals surface area contributed by atoms with Crippen LogP contribution >= 0.6 is 0 Å². The van der Waals surface area contributed by atoms with Crippen LogP contribution in [0.1, 0.15) is 56.8 Å². The number of ether oxygens (including phenoxy) is 3. The Balaban J connectivity index is 1.85. The summed E-state index contributed by atoms with van der Waals surface area (Å²) in [5.41, 5.74) is 0.899. The van der Waals surface area contributed by atoms with Gasteiger partial charge >= 0.3 is 5.97 Å². The molecule has 0 bridgehead atoms. The summed E-state index contributed by atoms with van der Waals surface area (Å²) in [6.07, 6.45) is 3.59. The second kappa shape index (κ2) is 12.5. The number of benzene rings is 2. The monoisotopic (exact) mass is 413 g/mol. The SMILES string of the molecule is CCCCCCOc1ccc(C(=O)O[C@H](C)C(=O)Nc2ccccc2OCC)cc1. The summed E-state index contributed by atoms with van der Waals surface area (Å²) in [6.45, 7) is 6.71. The van der Waals surface area contributed by atoms with E-state index in [4.69, 9.17) is 14.2 Å². The molecule has 2 rings (SSSR count). The number of carbonyl (C=O) groups is 2. The van der Waals surface area contributed by atoms with Crippen molar-refractivity contribution >= 4 is 17.6 Å². The molecule has 0 aliphatic carbocycles. The van der Waals surface area contributed by atoms with Crippen molar-refractivity contribution in [2.45, 2.75) is 52.6 Å². The molecule has 0 heterocycles. The highest BCUT2D eigenvalue weighted by Crippen LogP contribution is 2.24. The Morgan fingerprint density at radius 2 is 1.67 bits per heavy atom. The second-order valence-electron chi connectivity index (χ2n) is 6.90. The van der Waals surface area contributed by atoms with Crippen molar-refractivity contribution in [3.63, 3.8) is 0 Å². The summed E-state index contributed by atoms with van der Waals surface area (Å²) in [7, 11) is 0. The number of hydrogen-bond donors (Lipinski definition) is 1. The van der Waals surface area contributed by atoms with Gasteiger partial charge in [0.05, 0.1) is 24.5 Å². The van der Waals surface area contributed by atoms with Crippen LogP contribution in [0, 0.1) is 0 Å². The largest absolute Gasteiger partial charge is 0.494 e. The van der Waals surface area contributed by atoms with E-state index in [1.165, 1.54) is 19.8 Å². The molecule has 2 aromatic rings. The summed E-state index contributed by atoms with van der Waals surface area (Å²) in [5.74, 6) is 0.284. The smallest absolute Gasteiger partial charge is 0.338 e. The number of hydrogen-bond acceptors (Lipinski definition) is 5. The first-order valence-electron chi connectivity index (χ1n) is 10.5. The molecule has 1 amide bonds. The average molecular weight is 414 g/mol. The van der Waals surface area contributed by atoms with Gasteiger partial charge in [-0.25, -0.2) is 4.79 Å². The van der Waals surface area contributed by atoms with Gasteiger partial charge in [0, 0.05) is 0 Å². The number of amides is 1. The highest BCUT2D eigenvalue weighted by Gasteiger charge is 2.20. The van der Waals surface area contributed by atoms with Crippen molar-refractivity contribution in [1.29, 1.82) is 0 Å². The van der Waals surface area contributed by atoms with E-state index in [0.29, 0.717) is 36.0 Å². The van der Waals surface area contributed by atoms with Gasteiger partial charge in [-0.2, -0.15) is 0 Å². The first-order chi connectivity index (χ1) is 14.5. The third kappa shape index (κ3) is 7.43. The van der Waals surface area contributed by atoms with Crippen LogP contribution < -0.4 is 14.8 Å². The van der Waals surface area contributed by atoms with Crippen LogP contribution in [0.4, 0.5) is 5.69 Å². The van der Waals surface area contributed by atoms with Gasteiger partial charge in [0.25, 0.3) is 5.91 Å². The molecule has 0 fully saturated rings. The van der Waals surface area contributed by atoms with E-state index < -0.39 is 18.0 Å². The molecule has 6 heteroatoms. The molecule has 0 saturated carbocycles. The maximum absolute atomic E-state index is 12.4. The first-order valence-corrected chi connectivity index (χ1v) is 10.5. The standard InChI is InChI=1S/C24H31NO5/c1-4-6-7-10-17-29-20-15-13-19(14-16-20)24(27)30-18(3)23(26)25-21-11-8-9-12-22(21)28-5-2/h8-9,11-16,18H,4-7,10,17H2,1-3H3,(H,25,26)/t18-/m1/s1. The van der Waals surface area contributed by atoms with Crippen LogP contribution in [0.5, 0.6) is 11.5 Å². The number of para-hydroxylation sites is 2. The van der Waals surface area contributed by atoms with E-state index in [9.17, 15) is 9.59 Å². The van der Waals surface area contributed by atoms with Gasteiger partial charge in [-0.1, -0.05) is 38.3 Å². The Labute approximate surface area is 178 Å². The van der Waals surface area contributed by atoms with Crippen LogP contribution in [-0.4, -0.2) is 31.2 Å². The summed E-state index contributed by atoms with van der Waals surface area (Å²) < 4.78 is 16.5. The lowest BCUT2D eigenvalue weighted by Gasteiger charge is -2.15. The number of carbonyl (C=O) groups excluding carboxylic acids is 2. The molecule has 30 heavy (non-hydrogen) atoms. The Morgan fingerprint density at radius 1 is 0.933 bits per heavy atom. The van der Waals surface area contributed by atoms with E-state index in [0.717, 1.165) is 12.8 Å². The molecule has 0 radical (unpaired) electrons. The molecule has 162 valence electrons. The molecule has 0 spiro atoms. The maximum Gasteiger partial charge on any atom is 0.338 e. The molecule has 0 unspecified atom stereocenters. The van der Waals surface area contributed by atoms with Crippen molar-refractivity contribution in [1.82, 2.24) is 0 Å². The van der Waals surface area contributed by atoms with Crippen molar-refractivity contribution in [3.8, 4) is 11.5 Å². The molecular weight excluding hydrogens is 382 g/mol. The van der Waals surface area contributed by atoms with Gasteiger partial charge in [-0.15, -0.1) is 0 Å². The topological polar surface area (TPSA) is 73.9 Å². The predicted molar refractivity (Wildman–Crippen MR) is 117 cm³/mol. The molecule has 0 aliphatic rings. The summed E-state index contributed by atoms with van der Waals surface area (Å²) >= 11 is 0. The quantitative estimate of drug-likeness (QED) is 0.381. The zero-order chi connectivity index (χ0) is 21.8. The van der Waals surface area contributed by atoms with Gasteiger partial charge in [0.1, 0.15) is 11.5 Å². The fourth-order valence-corrected chi connectivity index (χ4v) is 2.77. The Morgan fingerprint density at radius 3 is 2.37 bits per heavy atom. The number of anilines is 1. The van der Waals surface area contributed by atoms with Crippen LogP contribution in [0.2, 0.25) is 0 Å². The number of nitrogens with one attached hydrogen (secondary N) is 1. The zero-order valence-electron chi connectivity index (χ0n) is 18.0. The third-order valence-corrected chi connectivity index (χ3v) is 4.45. The zero-order valence-corrected chi connectivity index (χ0v) is 18.0. The average Bonchev–Trinajstić information content (AvgIpc) is 2.75. The number of rotatable bonds is 12. The second-order valence-corrected chi connectivity index (χ2v) is 6.90. The van der Waals surface area contributed by atoms with Crippen molar-refractivity contribution in [3.05, 3.63) is 54.1 Å². The summed E-state index contributed by atoms with van der Waals surface area (Å²) in [4.78, 5) is 24.8. The molecule has 0 aliphatic heterocycles. The fraction of sp³-hybridized carbons (Fsp3) is 0.417. The fourth-order valence-electron chi connectivity index (χ4n) is 2.77. The van der Waals surface area contributed by atoms with Crippen LogP contribution in [-0.2, 0) is 9.53 Å². The lowest BCUT2D eigenvalue weighted by Crippen LogP contribution is -2.30.